The van der Waals surface area contributed by atoms with Crippen molar-refractivity contribution in [2.45, 2.75) is 19.4 Å². The van der Waals surface area contributed by atoms with Gasteiger partial charge in [0.15, 0.2) is 0 Å². The maximum Gasteiger partial charge on any atom is 0.314 e. The predicted octanol–water partition coefficient (Wildman–Crippen LogP) is 3.10. The lowest BCUT2D eigenvalue weighted by Crippen LogP contribution is -2.40. The average Bonchev–Trinajstić information content (AvgIpc) is 3.04. The highest BCUT2D eigenvalue weighted by Crippen LogP contribution is 2.16. The van der Waals surface area contributed by atoms with E-state index in [1.807, 2.05) is 11.4 Å². The van der Waals surface area contributed by atoms with Gasteiger partial charge in [-0.25, -0.2) is 9.18 Å². The zero-order chi connectivity index (χ0) is 16.7. The fourth-order valence-corrected chi connectivity index (χ4v) is 3.09. The van der Waals surface area contributed by atoms with Gasteiger partial charge in [0, 0.05) is 23.5 Å². The Morgan fingerprint density at radius 2 is 1.96 bits per heavy atom. The monoisotopic (exact) mass is 336 g/mol. The van der Waals surface area contributed by atoms with Crippen molar-refractivity contribution in [1.29, 1.82) is 0 Å². The number of nitrogens with one attached hydrogen (secondary N) is 2. The van der Waals surface area contributed by atoms with Crippen LogP contribution in [0.1, 0.15) is 23.5 Å². The van der Waals surface area contributed by atoms with Crippen LogP contribution >= 0.6 is 11.3 Å². The van der Waals surface area contributed by atoms with Crippen molar-refractivity contribution in [3.05, 3.63) is 58.0 Å². The first-order chi connectivity index (χ1) is 11.1. The minimum Gasteiger partial charge on any atom is -0.386 e. The summed E-state index contributed by atoms with van der Waals surface area (Å²) in [4.78, 5) is 13.0. The number of rotatable bonds is 7. The van der Waals surface area contributed by atoms with E-state index in [4.69, 9.17) is 0 Å². The van der Waals surface area contributed by atoms with Gasteiger partial charge in [0.2, 0.25) is 0 Å². The summed E-state index contributed by atoms with van der Waals surface area (Å²) in [5.74, 6) is -0.164. The molecule has 0 aliphatic rings. The van der Waals surface area contributed by atoms with Gasteiger partial charge < -0.3 is 15.7 Å². The van der Waals surface area contributed by atoms with Crippen molar-refractivity contribution >= 4 is 17.4 Å². The highest BCUT2D eigenvalue weighted by molar-refractivity contribution is 7.09. The number of thiophene rings is 1. The lowest BCUT2D eigenvalue weighted by atomic mass is 10.1. The van der Waals surface area contributed by atoms with Crippen LogP contribution in [0.3, 0.4) is 0 Å². The summed E-state index contributed by atoms with van der Waals surface area (Å²) in [5.41, 5.74) is 0.180. The van der Waals surface area contributed by atoms with E-state index in [1.54, 1.807) is 23.5 Å². The molecule has 6 heteroatoms. The molecule has 1 heterocycles. The Morgan fingerprint density at radius 1 is 1.22 bits per heavy atom. The predicted molar refractivity (Wildman–Crippen MR) is 89.9 cm³/mol. The average molecular weight is 336 g/mol. The summed E-state index contributed by atoms with van der Waals surface area (Å²) in [5, 5.41) is 17.3. The SMILES string of the molecule is CC(CNC(=O)NCC(O)c1ccccc1F)Cc1cccs1. The summed E-state index contributed by atoms with van der Waals surface area (Å²) in [6.07, 6.45) is -0.152. The van der Waals surface area contributed by atoms with E-state index in [0.29, 0.717) is 12.5 Å². The van der Waals surface area contributed by atoms with Crippen LogP contribution in [-0.4, -0.2) is 24.2 Å². The van der Waals surface area contributed by atoms with Crippen molar-refractivity contribution in [3.8, 4) is 0 Å². The van der Waals surface area contributed by atoms with E-state index in [2.05, 4.69) is 23.6 Å². The summed E-state index contributed by atoms with van der Waals surface area (Å²) < 4.78 is 13.5. The molecule has 0 bridgehead atoms. The zero-order valence-electron chi connectivity index (χ0n) is 13.0. The summed E-state index contributed by atoms with van der Waals surface area (Å²) >= 11 is 1.70. The molecule has 2 aromatic rings. The molecule has 4 nitrogen and oxygen atoms in total. The van der Waals surface area contributed by atoms with E-state index in [1.165, 1.54) is 17.0 Å². The van der Waals surface area contributed by atoms with Crippen molar-refractivity contribution in [2.24, 2.45) is 5.92 Å². The van der Waals surface area contributed by atoms with E-state index < -0.39 is 11.9 Å². The molecule has 0 radical (unpaired) electrons. The third-order valence-corrected chi connectivity index (χ3v) is 4.36. The zero-order valence-corrected chi connectivity index (χ0v) is 13.8. The van der Waals surface area contributed by atoms with Gasteiger partial charge in [0.25, 0.3) is 0 Å². The molecule has 3 N–H and O–H groups in total. The molecular formula is C17H21FN2O2S. The fourth-order valence-electron chi connectivity index (χ4n) is 2.22. The third-order valence-electron chi connectivity index (χ3n) is 3.46. The molecule has 1 aromatic carbocycles. The normalized spacial score (nSPS) is 13.3. The van der Waals surface area contributed by atoms with Crippen molar-refractivity contribution in [1.82, 2.24) is 10.6 Å². The molecule has 0 aliphatic carbocycles. The highest BCUT2D eigenvalue weighted by Gasteiger charge is 2.13. The Kier molecular flexibility index (Phi) is 6.55. The molecule has 2 rings (SSSR count). The number of halogens is 1. The highest BCUT2D eigenvalue weighted by atomic mass is 32.1. The standard InChI is InChI=1S/C17H21FN2O2S/c1-12(9-13-5-4-8-23-13)10-19-17(22)20-11-16(21)14-6-2-3-7-15(14)18/h2-8,12,16,21H,9-11H2,1H3,(H2,19,20,22). The lowest BCUT2D eigenvalue weighted by Gasteiger charge is -2.15. The first-order valence-electron chi connectivity index (χ1n) is 7.53. The number of carbonyl (C=O) groups is 1. The second kappa shape index (κ2) is 8.64. The molecule has 0 aliphatic heterocycles. The van der Waals surface area contributed by atoms with Crippen molar-refractivity contribution < 1.29 is 14.3 Å². The number of aliphatic hydroxyl groups excluding tert-OH is 1. The summed E-state index contributed by atoms with van der Waals surface area (Å²) in [6.45, 7) is 2.57. The first kappa shape index (κ1) is 17.4. The quantitative estimate of drug-likeness (QED) is 0.727. The number of hydrogen-bond donors (Lipinski definition) is 3. The van der Waals surface area contributed by atoms with E-state index in [9.17, 15) is 14.3 Å². The van der Waals surface area contributed by atoms with Crippen LogP contribution in [0.25, 0.3) is 0 Å². The third kappa shape index (κ3) is 5.65. The molecule has 0 saturated heterocycles. The van der Waals surface area contributed by atoms with Gasteiger partial charge in [0.1, 0.15) is 5.82 Å². The Hall–Kier alpha value is -1.92. The maximum atomic E-state index is 13.5. The topological polar surface area (TPSA) is 61.4 Å². The lowest BCUT2D eigenvalue weighted by molar-refractivity contribution is 0.168. The van der Waals surface area contributed by atoms with E-state index in [-0.39, 0.29) is 18.1 Å². The number of aliphatic hydroxyl groups is 1. The number of urea groups is 1. The Labute approximate surface area is 139 Å². The number of amides is 2. The van der Waals surface area contributed by atoms with Crippen molar-refractivity contribution in [3.63, 3.8) is 0 Å². The van der Waals surface area contributed by atoms with Gasteiger partial charge >= 0.3 is 6.03 Å². The molecule has 0 fully saturated rings. The van der Waals surface area contributed by atoms with Gasteiger partial charge in [-0.15, -0.1) is 11.3 Å². The number of carbonyl (C=O) groups excluding carboxylic acids is 1. The van der Waals surface area contributed by atoms with Gasteiger partial charge in [0.05, 0.1) is 6.10 Å². The second-order valence-corrected chi connectivity index (χ2v) is 6.55. The van der Waals surface area contributed by atoms with Crippen LogP contribution in [0.2, 0.25) is 0 Å². The van der Waals surface area contributed by atoms with Crippen LogP contribution in [0, 0.1) is 11.7 Å². The molecule has 2 atom stereocenters. The number of benzene rings is 1. The molecule has 0 spiro atoms. The van der Waals surface area contributed by atoms with Crippen molar-refractivity contribution in [2.75, 3.05) is 13.1 Å². The van der Waals surface area contributed by atoms with Gasteiger partial charge in [-0.2, -0.15) is 0 Å². The van der Waals surface area contributed by atoms with Crippen LogP contribution in [0.5, 0.6) is 0 Å². The van der Waals surface area contributed by atoms with E-state index >= 15 is 0 Å². The molecule has 124 valence electrons. The van der Waals surface area contributed by atoms with Crippen LogP contribution in [0.15, 0.2) is 41.8 Å². The summed E-state index contributed by atoms with van der Waals surface area (Å²) in [6, 6.07) is 9.71. The molecule has 0 saturated carbocycles. The summed E-state index contributed by atoms with van der Waals surface area (Å²) in [7, 11) is 0. The van der Waals surface area contributed by atoms with Crippen LogP contribution < -0.4 is 10.6 Å². The molecule has 2 amide bonds. The second-order valence-electron chi connectivity index (χ2n) is 5.52. The van der Waals surface area contributed by atoms with E-state index in [0.717, 1.165) is 6.42 Å². The minimum atomic E-state index is -1.06. The van der Waals surface area contributed by atoms with Gasteiger partial charge in [-0.05, 0) is 29.9 Å². The maximum absolute atomic E-state index is 13.5. The first-order valence-corrected chi connectivity index (χ1v) is 8.40. The van der Waals surface area contributed by atoms with Gasteiger partial charge in [-0.3, -0.25) is 0 Å². The van der Waals surface area contributed by atoms with Crippen LogP contribution in [0.4, 0.5) is 9.18 Å². The van der Waals surface area contributed by atoms with Crippen LogP contribution in [-0.2, 0) is 6.42 Å². The fraction of sp³-hybridized carbons (Fsp3) is 0.353. The van der Waals surface area contributed by atoms with Gasteiger partial charge in [-0.1, -0.05) is 31.2 Å². The molecular weight excluding hydrogens is 315 g/mol. The molecule has 1 aromatic heterocycles. The Bertz CT molecular complexity index is 619. The Balaban J connectivity index is 1.69. The minimum absolute atomic E-state index is 0.0356. The number of hydrogen-bond acceptors (Lipinski definition) is 3. The molecule has 23 heavy (non-hydrogen) atoms. The smallest absolute Gasteiger partial charge is 0.314 e. The largest absolute Gasteiger partial charge is 0.386 e. The Morgan fingerprint density at radius 3 is 2.65 bits per heavy atom. The molecule has 2 unspecified atom stereocenters.